The lowest BCUT2D eigenvalue weighted by Gasteiger charge is -2.12. The lowest BCUT2D eigenvalue weighted by Crippen LogP contribution is -2.32. The second kappa shape index (κ2) is 7.79. The van der Waals surface area contributed by atoms with Gasteiger partial charge in [-0.05, 0) is 29.8 Å². The molecule has 1 aliphatic heterocycles. The van der Waals surface area contributed by atoms with Crippen molar-refractivity contribution in [1.82, 2.24) is 5.06 Å². The van der Waals surface area contributed by atoms with Crippen LogP contribution in [0.5, 0.6) is 5.75 Å². The van der Waals surface area contributed by atoms with E-state index in [-0.39, 0.29) is 24.2 Å². The number of amides is 2. The van der Waals surface area contributed by atoms with Gasteiger partial charge in [0.15, 0.2) is 0 Å². The Hall–Kier alpha value is -3.19. The molecule has 0 aliphatic carbocycles. The Morgan fingerprint density at radius 1 is 0.962 bits per heavy atom. The van der Waals surface area contributed by atoms with Crippen LogP contribution in [0.1, 0.15) is 32.7 Å². The Balaban J connectivity index is 1.45. The van der Waals surface area contributed by atoms with E-state index in [0.29, 0.717) is 11.7 Å². The summed E-state index contributed by atoms with van der Waals surface area (Å²) >= 11 is 0. The van der Waals surface area contributed by atoms with Crippen molar-refractivity contribution in [3.8, 4) is 5.75 Å². The zero-order chi connectivity index (χ0) is 18.5. The van der Waals surface area contributed by atoms with Gasteiger partial charge in [0.25, 0.3) is 11.8 Å². The highest BCUT2D eigenvalue weighted by Gasteiger charge is 2.38. The van der Waals surface area contributed by atoms with Gasteiger partial charge in [-0.2, -0.15) is 0 Å². The van der Waals surface area contributed by atoms with Crippen LogP contribution in [0.2, 0.25) is 0 Å². The molecule has 0 bridgehead atoms. The van der Waals surface area contributed by atoms with Crippen molar-refractivity contribution in [3.05, 3.63) is 65.2 Å². The molecule has 0 saturated carbocycles. The monoisotopic (exact) mass is 355 g/mol. The third-order valence-corrected chi connectivity index (χ3v) is 3.83. The topological polar surface area (TPSA) is 82.1 Å². The van der Waals surface area contributed by atoms with Gasteiger partial charge >= 0.3 is 5.97 Å². The standard InChI is InChI=1S/C19H17NO6/c1-24-14-8-6-13(7-9-14)12-25-11-10-17(21)26-20-18(22)15-4-2-3-5-16(15)19(20)23/h2-9H,10-12H2,1H3. The molecule has 0 radical (unpaired) electrons. The van der Waals surface area contributed by atoms with Gasteiger partial charge in [0.2, 0.25) is 0 Å². The molecule has 2 aromatic rings. The molecule has 0 unspecified atom stereocenters. The summed E-state index contributed by atoms with van der Waals surface area (Å²) in [6.07, 6.45) is -0.0798. The van der Waals surface area contributed by atoms with Gasteiger partial charge in [0.1, 0.15) is 5.75 Å². The Morgan fingerprint density at radius 2 is 1.58 bits per heavy atom. The van der Waals surface area contributed by atoms with Crippen molar-refractivity contribution < 1.29 is 28.7 Å². The fraction of sp³-hybridized carbons (Fsp3) is 0.211. The van der Waals surface area contributed by atoms with E-state index < -0.39 is 17.8 Å². The van der Waals surface area contributed by atoms with Crippen LogP contribution in [-0.4, -0.2) is 36.6 Å². The molecule has 7 heteroatoms. The predicted molar refractivity (Wildman–Crippen MR) is 90.3 cm³/mol. The smallest absolute Gasteiger partial charge is 0.335 e. The van der Waals surface area contributed by atoms with Crippen molar-refractivity contribution in [2.45, 2.75) is 13.0 Å². The van der Waals surface area contributed by atoms with Gasteiger partial charge in [0, 0.05) is 0 Å². The average molecular weight is 355 g/mol. The van der Waals surface area contributed by atoms with E-state index in [4.69, 9.17) is 14.3 Å². The van der Waals surface area contributed by atoms with Crippen LogP contribution in [0.4, 0.5) is 0 Å². The first-order valence-corrected chi connectivity index (χ1v) is 7.99. The molecule has 0 N–H and O–H groups in total. The highest BCUT2D eigenvalue weighted by molar-refractivity contribution is 6.20. The summed E-state index contributed by atoms with van der Waals surface area (Å²) in [6.45, 7) is 0.429. The van der Waals surface area contributed by atoms with E-state index in [0.717, 1.165) is 11.3 Å². The van der Waals surface area contributed by atoms with E-state index in [1.54, 1.807) is 19.2 Å². The Kier molecular flexibility index (Phi) is 5.28. The van der Waals surface area contributed by atoms with E-state index in [2.05, 4.69) is 0 Å². The number of hydrogen-bond acceptors (Lipinski definition) is 6. The lowest BCUT2D eigenvalue weighted by molar-refractivity contribution is -0.169. The van der Waals surface area contributed by atoms with Crippen molar-refractivity contribution in [2.75, 3.05) is 13.7 Å². The third kappa shape index (κ3) is 3.73. The largest absolute Gasteiger partial charge is 0.497 e. The molecule has 0 fully saturated rings. The number of carbonyl (C=O) groups excluding carboxylic acids is 3. The van der Waals surface area contributed by atoms with Gasteiger partial charge in [-0.3, -0.25) is 9.59 Å². The third-order valence-electron chi connectivity index (χ3n) is 3.83. The molecule has 2 amide bonds. The molecule has 2 aromatic carbocycles. The summed E-state index contributed by atoms with van der Waals surface area (Å²) < 4.78 is 10.5. The molecule has 0 atom stereocenters. The van der Waals surface area contributed by atoms with Gasteiger partial charge in [-0.1, -0.05) is 29.3 Å². The second-order valence-corrected chi connectivity index (χ2v) is 5.56. The summed E-state index contributed by atoms with van der Waals surface area (Å²) in [7, 11) is 1.59. The highest BCUT2D eigenvalue weighted by Crippen LogP contribution is 2.22. The summed E-state index contributed by atoms with van der Waals surface area (Å²) in [4.78, 5) is 41.0. The summed E-state index contributed by atoms with van der Waals surface area (Å²) in [6, 6.07) is 13.7. The molecule has 0 aromatic heterocycles. The number of rotatable bonds is 7. The number of hydroxylamine groups is 2. The van der Waals surface area contributed by atoms with Crippen molar-refractivity contribution in [1.29, 1.82) is 0 Å². The number of ether oxygens (including phenoxy) is 2. The minimum absolute atomic E-state index is 0.0798. The normalized spacial score (nSPS) is 12.9. The molecule has 26 heavy (non-hydrogen) atoms. The number of benzene rings is 2. The van der Waals surface area contributed by atoms with E-state index >= 15 is 0 Å². The van der Waals surface area contributed by atoms with Crippen LogP contribution in [0.25, 0.3) is 0 Å². The number of hydrogen-bond donors (Lipinski definition) is 0. The molecular weight excluding hydrogens is 338 g/mol. The van der Waals surface area contributed by atoms with Crippen molar-refractivity contribution in [3.63, 3.8) is 0 Å². The van der Waals surface area contributed by atoms with Crippen LogP contribution >= 0.6 is 0 Å². The van der Waals surface area contributed by atoms with Gasteiger partial charge in [-0.25, -0.2) is 4.79 Å². The van der Waals surface area contributed by atoms with Crippen LogP contribution in [-0.2, 0) is 21.0 Å². The fourth-order valence-corrected chi connectivity index (χ4v) is 2.46. The number of methoxy groups -OCH3 is 1. The van der Waals surface area contributed by atoms with Gasteiger partial charge < -0.3 is 14.3 Å². The van der Waals surface area contributed by atoms with Crippen LogP contribution < -0.4 is 4.74 Å². The molecule has 3 rings (SSSR count). The summed E-state index contributed by atoms with van der Waals surface area (Å²) in [5.74, 6) is -1.25. The predicted octanol–water partition coefficient (Wildman–Crippen LogP) is 2.36. The van der Waals surface area contributed by atoms with Gasteiger partial charge in [0.05, 0.1) is 37.9 Å². The van der Waals surface area contributed by atoms with E-state index in [9.17, 15) is 14.4 Å². The highest BCUT2D eigenvalue weighted by atomic mass is 16.7. The van der Waals surface area contributed by atoms with Gasteiger partial charge in [-0.15, -0.1) is 0 Å². The first-order chi connectivity index (χ1) is 12.6. The maximum atomic E-state index is 12.1. The minimum Gasteiger partial charge on any atom is -0.497 e. The maximum Gasteiger partial charge on any atom is 0.335 e. The molecule has 1 heterocycles. The average Bonchev–Trinajstić information content (AvgIpc) is 2.91. The quantitative estimate of drug-likeness (QED) is 0.560. The Morgan fingerprint density at radius 3 is 2.15 bits per heavy atom. The summed E-state index contributed by atoms with van der Waals surface area (Å²) in [5.41, 5.74) is 1.38. The second-order valence-electron chi connectivity index (χ2n) is 5.56. The van der Waals surface area contributed by atoms with Crippen molar-refractivity contribution in [2.24, 2.45) is 0 Å². The SMILES string of the molecule is COc1ccc(COCCC(=O)ON2C(=O)c3ccccc3C2=O)cc1. The van der Waals surface area contributed by atoms with E-state index in [1.165, 1.54) is 12.1 Å². The number of fused-ring (bicyclic) bond motifs is 1. The van der Waals surface area contributed by atoms with Crippen LogP contribution in [0.3, 0.4) is 0 Å². The van der Waals surface area contributed by atoms with Crippen molar-refractivity contribution >= 4 is 17.8 Å². The molecular formula is C19H17NO6. The minimum atomic E-state index is -0.714. The molecule has 0 spiro atoms. The zero-order valence-corrected chi connectivity index (χ0v) is 14.1. The molecule has 1 aliphatic rings. The number of imide groups is 1. The molecule has 0 saturated heterocycles. The molecule has 134 valence electrons. The Bertz CT molecular complexity index is 795. The van der Waals surface area contributed by atoms with Crippen LogP contribution in [0, 0.1) is 0 Å². The first-order valence-electron chi connectivity index (χ1n) is 7.99. The zero-order valence-electron chi connectivity index (χ0n) is 14.1. The lowest BCUT2D eigenvalue weighted by atomic mass is 10.1. The van der Waals surface area contributed by atoms with Crippen LogP contribution in [0.15, 0.2) is 48.5 Å². The number of nitrogens with zero attached hydrogens (tertiary/aromatic N) is 1. The molecule has 7 nitrogen and oxygen atoms in total. The fourth-order valence-electron chi connectivity index (χ4n) is 2.46. The number of carbonyl (C=O) groups is 3. The first kappa shape index (κ1) is 17.6. The Labute approximate surface area is 150 Å². The van der Waals surface area contributed by atoms with E-state index in [1.807, 2.05) is 24.3 Å². The maximum absolute atomic E-state index is 12.1. The summed E-state index contributed by atoms with van der Waals surface area (Å²) in [5, 5.41) is 0.497.